The second-order valence-corrected chi connectivity index (χ2v) is 12.6. The van der Waals surface area contributed by atoms with Crippen LogP contribution < -0.4 is 0 Å². The minimum Gasteiger partial charge on any atom is -0.308 e. The molecule has 0 N–H and O–H groups in total. The van der Waals surface area contributed by atoms with Gasteiger partial charge in [0.1, 0.15) is 0 Å². The summed E-state index contributed by atoms with van der Waals surface area (Å²) in [6.07, 6.45) is 0. The third kappa shape index (κ3) is 2.50. The van der Waals surface area contributed by atoms with E-state index in [1.807, 2.05) is 0 Å². The number of hydrogen-bond donors (Lipinski definition) is 0. The van der Waals surface area contributed by atoms with Crippen molar-refractivity contribution >= 4 is 92.7 Å². The summed E-state index contributed by atoms with van der Waals surface area (Å²) in [5.74, 6) is 0. The number of para-hydroxylation sites is 5. The summed E-state index contributed by atoms with van der Waals surface area (Å²) in [5, 5.41) is 10.4. The van der Waals surface area contributed by atoms with Gasteiger partial charge in [-0.15, -0.1) is 0 Å². The fourth-order valence-corrected chi connectivity index (χ4v) is 8.71. The second kappa shape index (κ2) is 7.53. The smallest absolute Gasteiger partial charge is 0.0783 e. The molecular formula is C42H23N3. The fourth-order valence-electron chi connectivity index (χ4n) is 8.71. The molecule has 0 aliphatic rings. The first-order valence-electron chi connectivity index (χ1n) is 15.6. The van der Waals surface area contributed by atoms with Crippen LogP contribution in [0.15, 0.2) is 140 Å². The number of rotatable bonds is 1. The largest absolute Gasteiger partial charge is 0.308 e. The van der Waals surface area contributed by atoms with E-state index < -0.39 is 0 Å². The van der Waals surface area contributed by atoms with Crippen molar-refractivity contribution in [3.05, 3.63) is 140 Å². The zero-order chi connectivity index (χ0) is 29.0. The first-order chi connectivity index (χ1) is 22.3. The number of benzene rings is 7. The highest BCUT2D eigenvalue weighted by molar-refractivity contribution is 6.26. The molecule has 5 aromatic heterocycles. The van der Waals surface area contributed by atoms with Crippen LogP contribution in [0.3, 0.4) is 0 Å². The maximum Gasteiger partial charge on any atom is 0.0783 e. The van der Waals surface area contributed by atoms with Crippen LogP contribution in [0.2, 0.25) is 0 Å². The molecule has 0 aliphatic heterocycles. The Balaban J connectivity index is 1.32. The molecule has 0 radical (unpaired) electrons. The van der Waals surface area contributed by atoms with Gasteiger partial charge in [-0.1, -0.05) is 84.9 Å². The zero-order valence-corrected chi connectivity index (χ0v) is 24.1. The van der Waals surface area contributed by atoms with Gasteiger partial charge < -0.3 is 13.2 Å². The van der Waals surface area contributed by atoms with E-state index in [4.69, 9.17) is 0 Å². The van der Waals surface area contributed by atoms with Crippen LogP contribution in [0.25, 0.3) is 104 Å². The maximum absolute atomic E-state index is 2.52. The average Bonchev–Trinajstić information content (AvgIpc) is 3.82. The van der Waals surface area contributed by atoms with E-state index >= 15 is 0 Å². The lowest BCUT2D eigenvalue weighted by Gasteiger charge is -2.13. The van der Waals surface area contributed by atoms with Crippen LogP contribution in [-0.2, 0) is 0 Å². The Morgan fingerprint density at radius 2 is 0.600 bits per heavy atom. The first kappa shape index (κ1) is 22.5. The molecule has 0 fully saturated rings. The molecule has 7 aromatic carbocycles. The van der Waals surface area contributed by atoms with Gasteiger partial charge in [0.05, 0.1) is 49.7 Å². The Hall–Kier alpha value is -6.06. The van der Waals surface area contributed by atoms with E-state index in [0.717, 1.165) is 0 Å². The van der Waals surface area contributed by atoms with Gasteiger partial charge in [0.2, 0.25) is 0 Å². The molecular weight excluding hydrogens is 546 g/mol. The molecule has 3 nitrogen and oxygen atoms in total. The van der Waals surface area contributed by atoms with Crippen molar-refractivity contribution < 1.29 is 0 Å². The van der Waals surface area contributed by atoms with E-state index in [-0.39, 0.29) is 0 Å². The quantitative estimate of drug-likeness (QED) is 0.175. The lowest BCUT2D eigenvalue weighted by molar-refractivity contribution is 1.26. The third-order valence-electron chi connectivity index (χ3n) is 10.4. The normalized spacial score (nSPS) is 12.9. The van der Waals surface area contributed by atoms with Crippen molar-refractivity contribution in [2.45, 2.75) is 0 Å². The number of hydrogen-bond acceptors (Lipinski definition) is 0. The number of fused-ring (bicyclic) bond motifs is 14. The number of aromatic nitrogens is 3. The molecule has 12 rings (SSSR count). The van der Waals surface area contributed by atoms with Gasteiger partial charge >= 0.3 is 0 Å². The Morgan fingerprint density at radius 1 is 0.244 bits per heavy atom. The topological polar surface area (TPSA) is 13.2 Å². The molecule has 12 aromatic rings. The second-order valence-electron chi connectivity index (χ2n) is 12.6. The summed E-state index contributed by atoms with van der Waals surface area (Å²) in [6, 6.07) is 51.9. The number of nitrogens with zero attached hydrogens (tertiary/aromatic N) is 3. The van der Waals surface area contributed by atoms with Crippen molar-refractivity contribution in [1.82, 2.24) is 13.2 Å². The molecule has 0 spiro atoms. The Kier molecular flexibility index (Phi) is 3.76. The van der Waals surface area contributed by atoms with Gasteiger partial charge in [-0.05, 0) is 65.7 Å². The molecule has 0 amide bonds. The van der Waals surface area contributed by atoms with Crippen LogP contribution in [0.5, 0.6) is 0 Å². The summed E-state index contributed by atoms with van der Waals surface area (Å²) in [4.78, 5) is 0. The molecule has 0 saturated carbocycles. The van der Waals surface area contributed by atoms with Crippen LogP contribution in [0, 0.1) is 0 Å². The van der Waals surface area contributed by atoms with Gasteiger partial charge in [0.25, 0.3) is 0 Å². The van der Waals surface area contributed by atoms with Crippen LogP contribution in [0.4, 0.5) is 0 Å². The van der Waals surface area contributed by atoms with E-state index in [9.17, 15) is 0 Å². The van der Waals surface area contributed by atoms with Gasteiger partial charge in [0, 0.05) is 43.1 Å². The predicted molar refractivity (Wildman–Crippen MR) is 190 cm³/mol. The monoisotopic (exact) mass is 569 g/mol. The van der Waals surface area contributed by atoms with E-state index in [0.29, 0.717) is 0 Å². The summed E-state index contributed by atoms with van der Waals surface area (Å²) in [5.41, 5.74) is 13.9. The third-order valence-corrected chi connectivity index (χ3v) is 10.4. The highest BCUT2D eigenvalue weighted by Gasteiger charge is 2.23. The molecule has 3 heteroatoms. The van der Waals surface area contributed by atoms with E-state index in [1.165, 1.54) is 104 Å². The van der Waals surface area contributed by atoms with Gasteiger partial charge in [0.15, 0.2) is 0 Å². The summed E-state index contributed by atoms with van der Waals surface area (Å²) >= 11 is 0. The van der Waals surface area contributed by atoms with Crippen LogP contribution in [0.1, 0.15) is 0 Å². The van der Waals surface area contributed by atoms with E-state index in [1.54, 1.807) is 0 Å². The van der Waals surface area contributed by atoms with Crippen molar-refractivity contribution in [3.63, 3.8) is 0 Å². The Labute approximate surface area is 256 Å². The van der Waals surface area contributed by atoms with Crippen molar-refractivity contribution in [2.75, 3.05) is 0 Å². The molecule has 0 saturated heterocycles. The van der Waals surface area contributed by atoms with E-state index in [2.05, 4.69) is 153 Å². The zero-order valence-electron chi connectivity index (χ0n) is 24.1. The molecule has 0 aliphatic carbocycles. The molecule has 45 heavy (non-hydrogen) atoms. The minimum atomic E-state index is 1.24. The van der Waals surface area contributed by atoms with Crippen LogP contribution in [-0.4, -0.2) is 13.2 Å². The SMILES string of the molecule is c1ccc2c(c1)c1cc(-c3cc4c5ccccc5n5c6cccc7c8ccccc8n(c(c3)c45)c76)cc3c4ccccc4n2c13. The van der Waals surface area contributed by atoms with Gasteiger partial charge in [-0.3, -0.25) is 0 Å². The Morgan fingerprint density at radius 3 is 1.16 bits per heavy atom. The molecule has 206 valence electrons. The first-order valence-corrected chi connectivity index (χ1v) is 15.6. The summed E-state index contributed by atoms with van der Waals surface area (Å²) in [6.45, 7) is 0. The summed E-state index contributed by atoms with van der Waals surface area (Å²) in [7, 11) is 0. The highest BCUT2D eigenvalue weighted by Crippen LogP contribution is 2.45. The maximum atomic E-state index is 2.52. The highest BCUT2D eigenvalue weighted by atomic mass is 15.0. The molecule has 5 heterocycles. The van der Waals surface area contributed by atoms with Crippen LogP contribution >= 0.6 is 0 Å². The van der Waals surface area contributed by atoms with Gasteiger partial charge in [-0.25, -0.2) is 0 Å². The molecule has 0 unspecified atom stereocenters. The van der Waals surface area contributed by atoms with Crippen molar-refractivity contribution in [1.29, 1.82) is 0 Å². The molecule has 0 atom stereocenters. The van der Waals surface area contributed by atoms with Gasteiger partial charge in [-0.2, -0.15) is 0 Å². The minimum absolute atomic E-state index is 1.24. The lowest BCUT2D eigenvalue weighted by atomic mass is 9.97. The summed E-state index contributed by atoms with van der Waals surface area (Å²) < 4.78 is 7.47. The van der Waals surface area contributed by atoms with Crippen molar-refractivity contribution in [3.8, 4) is 11.1 Å². The Bertz CT molecular complexity index is 3110. The standard InChI is InChI=1S/C42H23N3/c1-5-15-34-26(10-1)30-14-9-19-38-41(30)45(34)39-23-25(22-33-29-13-4-8-18-37(29)44(38)42(33)39)24-20-31-27-11-2-6-16-35(27)43-36-17-7-3-12-28(36)32(21-24)40(31)43/h1-23H. The lowest BCUT2D eigenvalue weighted by Crippen LogP contribution is -1.97. The molecule has 0 bridgehead atoms. The fraction of sp³-hybridized carbons (Fsp3) is 0. The predicted octanol–water partition coefficient (Wildman–Crippen LogP) is 11.1. The van der Waals surface area contributed by atoms with Crippen molar-refractivity contribution in [2.24, 2.45) is 0 Å². The average molecular weight is 570 g/mol.